The number of benzene rings is 2. The fourth-order valence-electron chi connectivity index (χ4n) is 3.10. The lowest BCUT2D eigenvalue weighted by atomic mass is 10.1. The fraction of sp³-hybridized carbons (Fsp3) is 0.238. The van der Waals surface area contributed by atoms with Gasteiger partial charge in [-0.1, -0.05) is 37.3 Å². The van der Waals surface area contributed by atoms with Crippen molar-refractivity contribution in [3.8, 4) is 0 Å². The molecule has 8 heteroatoms. The summed E-state index contributed by atoms with van der Waals surface area (Å²) in [5.74, 6) is -0.789. The number of ketones is 1. The number of para-hydroxylation sites is 2. The van der Waals surface area contributed by atoms with Gasteiger partial charge < -0.3 is 10.3 Å². The summed E-state index contributed by atoms with van der Waals surface area (Å²) in [7, 11) is 0. The van der Waals surface area contributed by atoms with E-state index in [2.05, 4.69) is 10.3 Å². The van der Waals surface area contributed by atoms with E-state index < -0.39 is 17.6 Å². The third kappa shape index (κ3) is 4.83. The highest BCUT2D eigenvalue weighted by atomic mass is 19.4. The predicted octanol–water partition coefficient (Wildman–Crippen LogP) is 4.33. The molecule has 5 nitrogen and oxygen atoms in total. The van der Waals surface area contributed by atoms with Crippen LogP contribution in [0, 0.1) is 0 Å². The van der Waals surface area contributed by atoms with Gasteiger partial charge in [0.05, 0.1) is 24.3 Å². The Morgan fingerprint density at radius 2 is 1.72 bits per heavy atom. The molecule has 2 N–H and O–H groups in total. The van der Waals surface area contributed by atoms with Crippen molar-refractivity contribution >= 4 is 28.3 Å². The molecule has 0 unspecified atom stereocenters. The SMILES string of the molecule is CCN(CC(=O)Nc1ccccc1C(F)(F)F)CC(=O)c1c[nH]c2ccccc12. The van der Waals surface area contributed by atoms with Gasteiger partial charge in [-0.2, -0.15) is 13.2 Å². The predicted molar refractivity (Wildman–Crippen MR) is 105 cm³/mol. The lowest BCUT2D eigenvalue weighted by molar-refractivity contribution is -0.137. The van der Waals surface area contributed by atoms with Gasteiger partial charge in [-0.05, 0) is 24.7 Å². The first-order chi connectivity index (χ1) is 13.8. The van der Waals surface area contributed by atoms with Crippen LogP contribution in [0.2, 0.25) is 0 Å². The normalized spacial score (nSPS) is 11.8. The quantitative estimate of drug-likeness (QED) is 0.577. The summed E-state index contributed by atoms with van der Waals surface area (Å²) in [5.41, 5.74) is 0.137. The Hall–Kier alpha value is -3.13. The number of nitrogens with zero attached hydrogens (tertiary/aromatic N) is 1. The largest absolute Gasteiger partial charge is 0.418 e. The Bertz CT molecular complexity index is 1030. The van der Waals surface area contributed by atoms with Gasteiger partial charge in [0.15, 0.2) is 5.78 Å². The van der Waals surface area contributed by atoms with Gasteiger partial charge in [0, 0.05) is 22.7 Å². The van der Waals surface area contributed by atoms with Crippen LogP contribution in [0.4, 0.5) is 18.9 Å². The summed E-state index contributed by atoms with van der Waals surface area (Å²) < 4.78 is 39.2. The average molecular weight is 403 g/mol. The molecule has 3 aromatic rings. The highest BCUT2D eigenvalue weighted by Gasteiger charge is 2.33. The summed E-state index contributed by atoms with van der Waals surface area (Å²) in [6.07, 6.45) is -2.94. The number of amides is 1. The second kappa shape index (κ2) is 8.48. The second-order valence-electron chi connectivity index (χ2n) is 6.57. The number of hydrogen-bond donors (Lipinski definition) is 2. The Labute approximate surface area is 165 Å². The number of likely N-dealkylation sites (N-methyl/N-ethyl adjacent to an activating group) is 1. The fourth-order valence-corrected chi connectivity index (χ4v) is 3.10. The number of carbonyl (C=O) groups excluding carboxylic acids is 2. The van der Waals surface area contributed by atoms with Crippen molar-refractivity contribution < 1.29 is 22.8 Å². The molecule has 1 aromatic heterocycles. The first-order valence-corrected chi connectivity index (χ1v) is 9.07. The van der Waals surface area contributed by atoms with Gasteiger partial charge in [0.25, 0.3) is 0 Å². The molecule has 0 aliphatic carbocycles. The Balaban J connectivity index is 1.67. The summed E-state index contributed by atoms with van der Waals surface area (Å²) >= 11 is 0. The molecule has 29 heavy (non-hydrogen) atoms. The zero-order valence-corrected chi connectivity index (χ0v) is 15.7. The van der Waals surface area contributed by atoms with E-state index in [1.54, 1.807) is 18.0 Å². The highest BCUT2D eigenvalue weighted by molar-refractivity contribution is 6.09. The third-order valence-electron chi connectivity index (χ3n) is 4.58. The number of nitrogens with one attached hydrogen (secondary N) is 2. The van der Waals surface area contributed by atoms with Crippen molar-refractivity contribution in [1.82, 2.24) is 9.88 Å². The standard InChI is InChI=1S/C21H20F3N3O2/c1-2-27(12-19(28)15-11-25-17-9-5-3-7-14(15)17)13-20(29)26-18-10-6-4-8-16(18)21(22,23)24/h3-11,25H,2,12-13H2,1H3,(H,26,29). The van der Waals surface area contributed by atoms with Crippen molar-refractivity contribution in [3.05, 3.63) is 65.9 Å². The number of hydrogen-bond acceptors (Lipinski definition) is 3. The maximum atomic E-state index is 13.1. The molecule has 2 aromatic carbocycles. The number of carbonyl (C=O) groups is 2. The number of aromatic amines is 1. The Kier molecular flexibility index (Phi) is 6.03. The summed E-state index contributed by atoms with van der Waals surface area (Å²) in [4.78, 5) is 29.6. The van der Waals surface area contributed by atoms with Crippen molar-refractivity contribution in [1.29, 1.82) is 0 Å². The van der Waals surface area contributed by atoms with Crippen molar-refractivity contribution in [2.75, 3.05) is 25.0 Å². The average Bonchev–Trinajstić information content (AvgIpc) is 3.11. The number of aromatic nitrogens is 1. The van der Waals surface area contributed by atoms with Crippen LogP contribution in [0.3, 0.4) is 0 Å². The van der Waals surface area contributed by atoms with Crippen LogP contribution in [-0.4, -0.2) is 41.2 Å². The van der Waals surface area contributed by atoms with Gasteiger partial charge in [0.2, 0.25) is 5.91 Å². The van der Waals surface area contributed by atoms with Crippen molar-refractivity contribution in [2.45, 2.75) is 13.1 Å². The van der Waals surface area contributed by atoms with Crippen LogP contribution in [0.1, 0.15) is 22.8 Å². The van der Waals surface area contributed by atoms with Crippen LogP contribution >= 0.6 is 0 Å². The molecule has 1 amide bonds. The minimum Gasteiger partial charge on any atom is -0.360 e. The smallest absolute Gasteiger partial charge is 0.360 e. The zero-order chi connectivity index (χ0) is 21.0. The lowest BCUT2D eigenvalue weighted by Gasteiger charge is -2.20. The molecule has 0 radical (unpaired) electrons. The molecule has 0 fully saturated rings. The molecule has 152 valence electrons. The number of fused-ring (bicyclic) bond motifs is 1. The maximum Gasteiger partial charge on any atom is 0.418 e. The van der Waals surface area contributed by atoms with Crippen LogP contribution in [0.25, 0.3) is 10.9 Å². The van der Waals surface area contributed by atoms with E-state index >= 15 is 0 Å². The van der Waals surface area contributed by atoms with Gasteiger partial charge in [0.1, 0.15) is 0 Å². The van der Waals surface area contributed by atoms with E-state index in [-0.39, 0.29) is 24.6 Å². The monoisotopic (exact) mass is 403 g/mol. The lowest BCUT2D eigenvalue weighted by Crippen LogP contribution is -2.37. The van der Waals surface area contributed by atoms with Gasteiger partial charge in [-0.25, -0.2) is 0 Å². The van der Waals surface area contributed by atoms with Gasteiger partial charge in [-0.15, -0.1) is 0 Å². The van der Waals surface area contributed by atoms with Gasteiger partial charge in [-0.3, -0.25) is 14.5 Å². The number of rotatable bonds is 7. The number of anilines is 1. The van der Waals surface area contributed by atoms with Crippen LogP contribution in [0.15, 0.2) is 54.7 Å². The molecule has 0 aliphatic heterocycles. The topological polar surface area (TPSA) is 65.2 Å². The molecule has 0 bridgehead atoms. The van der Waals surface area contributed by atoms with E-state index in [1.807, 2.05) is 24.3 Å². The number of halogens is 3. The molecular weight excluding hydrogens is 383 g/mol. The summed E-state index contributed by atoms with van der Waals surface area (Å²) in [6.45, 7) is 1.95. The van der Waals surface area contributed by atoms with Crippen LogP contribution in [-0.2, 0) is 11.0 Å². The summed E-state index contributed by atoms with van der Waals surface area (Å²) in [5, 5.41) is 3.09. The molecular formula is C21H20F3N3O2. The highest BCUT2D eigenvalue weighted by Crippen LogP contribution is 2.34. The van der Waals surface area contributed by atoms with Gasteiger partial charge >= 0.3 is 6.18 Å². The van der Waals surface area contributed by atoms with E-state index in [1.165, 1.54) is 18.2 Å². The molecule has 0 atom stereocenters. The molecule has 1 heterocycles. The Morgan fingerprint density at radius 1 is 1.03 bits per heavy atom. The molecule has 0 saturated carbocycles. The Morgan fingerprint density at radius 3 is 2.45 bits per heavy atom. The number of H-pyrrole nitrogens is 1. The third-order valence-corrected chi connectivity index (χ3v) is 4.58. The minimum atomic E-state index is -4.57. The zero-order valence-electron chi connectivity index (χ0n) is 15.7. The van der Waals surface area contributed by atoms with E-state index in [4.69, 9.17) is 0 Å². The number of Topliss-reactive ketones (excluding diaryl/α,β-unsaturated/α-hetero) is 1. The van der Waals surface area contributed by atoms with E-state index in [0.717, 1.165) is 17.0 Å². The minimum absolute atomic E-state index is 0.0211. The van der Waals surface area contributed by atoms with Crippen LogP contribution in [0.5, 0.6) is 0 Å². The maximum absolute atomic E-state index is 13.1. The van der Waals surface area contributed by atoms with Crippen molar-refractivity contribution in [2.24, 2.45) is 0 Å². The number of alkyl halides is 3. The molecule has 0 saturated heterocycles. The second-order valence-corrected chi connectivity index (χ2v) is 6.57. The van der Waals surface area contributed by atoms with Crippen molar-refractivity contribution in [3.63, 3.8) is 0 Å². The molecule has 0 aliphatic rings. The molecule has 3 rings (SSSR count). The van der Waals surface area contributed by atoms with Crippen LogP contribution < -0.4 is 5.32 Å². The molecule has 0 spiro atoms. The summed E-state index contributed by atoms with van der Waals surface area (Å²) in [6, 6.07) is 12.2. The van der Waals surface area contributed by atoms with E-state index in [9.17, 15) is 22.8 Å². The first kappa shape index (κ1) is 20.6. The van der Waals surface area contributed by atoms with E-state index in [0.29, 0.717) is 12.1 Å². The first-order valence-electron chi connectivity index (χ1n) is 9.07.